The van der Waals surface area contributed by atoms with Crippen LogP contribution in [0.1, 0.15) is 35.9 Å². The van der Waals surface area contributed by atoms with Crippen LogP contribution in [0.25, 0.3) is 5.65 Å². The van der Waals surface area contributed by atoms with Gasteiger partial charge in [0.25, 0.3) is 5.91 Å². The van der Waals surface area contributed by atoms with Gasteiger partial charge in [0.05, 0.1) is 11.8 Å². The second-order valence-corrected chi connectivity index (χ2v) is 6.59. The van der Waals surface area contributed by atoms with Gasteiger partial charge >= 0.3 is 0 Å². The van der Waals surface area contributed by atoms with Gasteiger partial charge in [0.15, 0.2) is 5.65 Å². The standard InChI is InChI=1S/C18H22N6O/c1-2-23-13-15(11-19-23)18(25)22-8-5-6-14(12-22)10-17-21-20-16-7-3-4-9-24(16)17/h3-4,7,9,11,13-14H,2,5-6,8,10,12H2,1H3. The summed E-state index contributed by atoms with van der Waals surface area (Å²) in [5, 5.41) is 12.8. The fraction of sp³-hybridized carbons (Fsp3) is 0.444. The van der Waals surface area contributed by atoms with E-state index in [1.54, 1.807) is 10.9 Å². The van der Waals surface area contributed by atoms with Crippen molar-refractivity contribution in [2.24, 2.45) is 5.92 Å². The van der Waals surface area contributed by atoms with Crippen LogP contribution in [-0.2, 0) is 13.0 Å². The second-order valence-electron chi connectivity index (χ2n) is 6.59. The molecule has 7 heteroatoms. The Bertz CT molecular complexity index is 882. The number of hydrogen-bond donors (Lipinski definition) is 0. The average molecular weight is 338 g/mol. The third-order valence-electron chi connectivity index (χ3n) is 4.87. The SMILES string of the molecule is CCn1cc(C(=O)N2CCCC(Cc3nnc4ccccn34)C2)cn1. The van der Waals surface area contributed by atoms with Crippen LogP contribution in [0, 0.1) is 5.92 Å². The maximum Gasteiger partial charge on any atom is 0.257 e. The molecule has 0 aliphatic carbocycles. The first-order chi connectivity index (χ1) is 12.2. The Balaban J connectivity index is 1.46. The van der Waals surface area contributed by atoms with Crippen molar-refractivity contribution in [3.05, 3.63) is 48.2 Å². The number of aryl methyl sites for hydroxylation is 1. The van der Waals surface area contributed by atoms with Crippen LogP contribution in [-0.4, -0.2) is 48.3 Å². The van der Waals surface area contributed by atoms with Crippen LogP contribution in [0.2, 0.25) is 0 Å². The lowest BCUT2D eigenvalue weighted by Gasteiger charge is -2.32. The number of hydrogen-bond acceptors (Lipinski definition) is 4. The Morgan fingerprint density at radius 1 is 1.32 bits per heavy atom. The molecule has 0 N–H and O–H groups in total. The van der Waals surface area contributed by atoms with E-state index in [2.05, 4.69) is 15.3 Å². The van der Waals surface area contributed by atoms with Gasteiger partial charge in [0, 0.05) is 38.4 Å². The molecule has 0 aromatic carbocycles. The van der Waals surface area contributed by atoms with Crippen molar-refractivity contribution in [1.82, 2.24) is 29.3 Å². The van der Waals surface area contributed by atoms with E-state index in [0.717, 1.165) is 50.4 Å². The zero-order chi connectivity index (χ0) is 17.2. The summed E-state index contributed by atoms with van der Waals surface area (Å²) in [5.41, 5.74) is 1.55. The van der Waals surface area contributed by atoms with Gasteiger partial charge in [0.2, 0.25) is 0 Å². The normalized spacial score (nSPS) is 18.0. The molecule has 1 aliphatic rings. The van der Waals surface area contributed by atoms with Crippen LogP contribution in [0.3, 0.4) is 0 Å². The Morgan fingerprint density at radius 2 is 2.24 bits per heavy atom. The Hall–Kier alpha value is -2.70. The molecule has 3 aromatic rings. The molecule has 1 atom stereocenters. The zero-order valence-electron chi connectivity index (χ0n) is 14.4. The summed E-state index contributed by atoms with van der Waals surface area (Å²) in [6.45, 7) is 4.36. The number of likely N-dealkylation sites (tertiary alicyclic amines) is 1. The van der Waals surface area contributed by atoms with Crippen LogP contribution in [0.5, 0.6) is 0 Å². The van der Waals surface area contributed by atoms with Gasteiger partial charge in [-0.25, -0.2) is 0 Å². The van der Waals surface area contributed by atoms with Gasteiger partial charge in [-0.05, 0) is 37.8 Å². The molecule has 1 fully saturated rings. The summed E-state index contributed by atoms with van der Waals surface area (Å²) in [6.07, 6.45) is 8.47. The fourth-order valence-electron chi connectivity index (χ4n) is 3.53. The molecule has 1 unspecified atom stereocenters. The molecule has 0 saturated carbocycles. The van der Waals surface area contributed by atoms with Crippen LogP contribution >= 0.6 is 0 Å². The summed E-state index contributed by atoms with van der Waals surface area (Å²) in [4.78, 5) is 14.7. The molecular weight excluding hydrogens is 316 g/mol. The summed E-state index contributed by atoms with van der Waals surface area (Å²) in [6, 6.07) is 5.91. The van der Waals surface area contributed by atoms with Crippen molar-refractivity contribution in [2.45, 2.75) is 32.7 Å². The van der Waals surface area contributed by atoms with E-state index < -0.39 is 0 Å². The number of aromatic nitrogens is 5. The molecule has 0 bridgehead atoms. The molecule has 130 valence electrons. The summed E-state index contributed by atoms with van der Waals surface area (Å²) in [7, 11) is 0. The van der Waals surface area contributed by atoms with Crippen molar-refractivity contribution in [3.63, 3.8) is 0 Å². The molecule has 3 aromatic heterocycles. The predicted molar refractivity (Wildman–Crippen MR) is 93.2 cm³/mol. The van der Waals surface area contributed by atoms with Crippen molar-refractivity contribution >= 4 is 11.6 Å². The average Bonchev–Trinajstić information content (AvgIpc) is 3.29. The molecule has 0 radical (unpaired) electrons. The number of rotatable bonds is 4. The van der Waals surface area contributed by atoms with Crippen molar-refractivity contribution < 1.29 is 4.79 Å². The number of pyridine rings is 1. The summed E-state index contributed by atoms with van der Waals surface area (Å²) < 4.78 is 3.82. The van der Waals surface area contributed by atoms with E-state index in [4.69, 9.17) is 0 Å². The summed E-state index contributed by atoms with van der Waals surface area (Å²) in [5.74, 6) is 1.45. The molecule has 0 spiro atoms. The van der Waals surface area contributed by atoms with E-state index in [0.29, 0.717) is 11.5 Å². The maximum atomic E-state index is 12.7. The minimum atomic E-state index is 0.0792. The van der Waals surface area contributed by atoms with Gasteiger partial charge in [-0.1, -0.05) is 6.07 Å². The first kappa shape index (κ1) is 15.8. The molecule has 4 heterocycles. The largest absolute Gasteiger partial charge is 0.338 e. The maximum absolute atomic E-state index is 12.7. The third kappa shape index (κ3) is 3.14. The molecule has 1 amide bonds. The molecule has 25 heavy (non-hydrogen) atoms. The number of carbonyl (C=O) groups is 1. The molecule has 4 rings (SSSR count). The Morgan fingerprint density at radius 3 is 3.08 bits per heavy atom. The van der Waals surface area contributed by atoms with Gasteiger partial charge in [0.1, 0.15) is 5.82 Å². The number of carbonyl (C=O) groups excluding carboxylic acids is 1. The van der Waals surface area contributed by atoms with Crippen LogP contribution in [0.4, 0.5) is 0 Å². The van der Waals surface area contributed by atoms with Gasteiger partial charge in [-0.15, -0.1) is 10.2 Å². The highest BCUT2D eigenvalue weighted by Crippen LogP contribution is 2.22. The molecule has 1 saturated heterocycles. The van der Waals surface area contributed by atoms with Crippen molar-refractivity contribution in [2.75, 3.05) is 13.1 Å². The first-order valence-electron chi connectivity index (χ1n) is 8.85. The van der Waals surface area contributed by atoms with E-state index in [1.165, 1.54) is 0 Å². The minimum absolute atomic E-state index is 0.0792. The van der Waals surface area contributed by atoms with Gasteiger partial charge < -0.3 is 4.90 Å². The lowest BCUT2D eigenvalue weighted by Crippen LogP contribution is -2.40. The smallest absolute Gasteiger partial charge is 0.257 e. The number of fused-ring (bicyclic) bond motifs is 1. The second kappa shape index (κ2) is 6.66. The fourth-order valence-corrected chi connectivity index (χ4v) is 3.53. The predicted octanol–water partition coefficient (Wildman–Crippen LogP) is 2.04. The van der Waals surface area contributed by atoms with E-state index in [1.807, 2.05) is 46.8 Å². The number of nitrogens with zero attached hydrogens (tertiary/aromatic N) is 6. The van der Waals surface area contributed by atoms with E-state index in [-0.39, 0.29) is 5.91 Å². The molecular formula is C18H22N6O. The number of amides is 1. The highest BCUT2D eigenvalue weighted by atomic mass is 16.2. The van der Waals surface area contributed by atoms with Crippen molar-refractivity contribution in [3.8, 4) is 0 Å². The van der Waals surface area contributed by atoms with Gasteiger partial charge in [-0.3, -0.25) is 13.9 Å². The number of piperidine rings is 1. The minimum Gasteiger partial charge on any atom is -0.338 e. The van der Waals surface area contributed by atoms with Crippen LogP contribution in [0.15, 0.2) is 36.8 Å². The molecule has 7 nitrogen and oxygen atoms in total. The highest BCUT2D eigenvalue weighted by Gasteiger charge is 2.26. The first-order valence-corrected chi connectivity index (χ1v) is 8.85. The Labute approximate surface area is 146 Å². The summed E-state index contributed by atoms with van der Waals surface area (Å²) >= 11 is 0. The van der Waals surface area contributed by atoms with Crippen molar-refractivity contribution in [1.29, 1.82) is 0 Å². The molecule has 1 aliphatic heterocycles. The monoisotopic (exact) mass is 338 g/mol. The lowest BCUT2D eigenvalue weighted by molar-refractivity contribution is 0.0672. The third-order valence-corrected chi connectivity index (χ3v) is 4.87. The van der Waals surface area contributed by atoms with E-state index >= 15 is 0 Å². The van der Waals surface area contributed by atoms with Crippen LogP contribution < -0.4 is 0 Å². The van der Waals surface area contributed by atoms with Gasteiger partial charge in [-0.2, -0.15) is 5.10 Å². The lowest BCUT2D eigenvalue weighted by atomic mass is 9.94. The quantitative estimate of drug-likeness (QED) is 0.730. The zero-order valence-corrected chi connectivity index (χ0v) is 14.4. The topological polar surface area (TPSA) is 68.3 Å². The highest BCUT2D eigenvalue weighted by molar-refractivity contribution is 5.93. The Kier molecular flexibility index (Phi) is 4.21. The van der Waals surface area contributed by atoms with E-state index in [9.17, 15) is 4.79 Å².